The minimum atomic E-state index is -4.51. The van der Waals surface area contributed by atoms with Crippen molar-refractivity contribution >= 4 is 29.9 Å². The van der Waals surface area contributed by atoms with Crippen molar-refractivity contribution in [3.8, 4) is 0 Å². The number of hydrogen-bond acceptors (Lipinski definition) is 3. The van der Waals surface area contributed by atoms with Crippen LogP contribution in [0.25, 0.3) is 0 Å². The molecular weight excluding hydrogens is 311 g/mol. The van der Waals surface area contributed by atoms with Gasteiger partial charge in [-0.15, -0.1) is 12.4 Å². The Kier molecular flexibility index (Phi) is 6.65. The van der Waals surface area contributed by atoms with Gasteiger partial charge < -0.3 is 16.8 Å². The van der Waals surface area contributed by atoms with Gasteiger partial charge in [0.25, 0.3) is 0 Å². The molecule has 0 spiro atoms. The van der Waals surface area contributed by atoms with Crippen LogP contribution in [0.4, 0.5) is 18.9 Å². The maximum atomic E-state index is 12.7. The Bertz CT molecular complexity index is 535. The molecule has 1 aromatic carbocycles. The Hall–Kier alpha value is -1.80. The van der Waals surface area contributed by atoms with Crippen molar-refractivity contribution in [2.75, 3.05) is 5.32 Å². The number of aryl methyl sites for hydroxylation is 1. The molecule has 5 nitrogen and oxygen atoms in total. The molecule has 0 bridgehead atoms. The van der Waals surface area contributed by atoms with Gasteiger partial charge in [0.15, 0.2) is 0 Å². The summed E-state index contributed by atoms with van der Waals surface area (Å²) in [6.07, 6.45) is -4.90. The molecule has 9 heteroatoms. The summed E-state index contributed by atoms with van der Waals surface area (Å²) in [6.45, 7) is 1.31. The number of hydrogen-bond donors (Lipinski definition) is 3. The van der Waals surface area contributed by atoms with E-state index in [0.717, 1.165) is 6.07 Å². The standard InChI is InChI=1S/C12H14F3N3O2.ClH/c1-6-2-3-7(4-8(6)12(13,14)15)18-11(20)9(16)5-10(17)19;/h2-4,9H,5,16H2,1H3,(H2,17,19)(H,18,20);1H. The molecule has 0 fully saturated rings. The summed E-state index contributed by atoms with van der Waals surface area (Å²) >= 11 is 0. The molecule has 0 aliphatic carbocycles. The van der Waals surface area contributed by atoms with Crippen LogP contribution in [0.2, 0.25) is 0 Å². The number of amides is 2. The third-order valence-electron chi connectivity index (χ3n) is 2.57. The minimum Gasteiger partial charge on any atom is -0.370 e. The second-order valence-corrected chi connectivity index (χ2v) is 4.29. The number of carbonyl (C=O) groups excluding carboxylic acids is 2. The summed E-state index contributed by atoms with van der Waals surface area (Å²) < 4.78 is 38.1. The lowest BCUT2D eigenvalue weighted by molar-refractivity contribution is -0.138. The molecule has 1 atom stereocenters. The van der Waals surface area contributed by atoms with Gasteiger partial charge in [-0.05, 0) is 24.6 Å². The van der Waals surface area contributed by atoms with Crippen molar-refractivity contribution in [1.29, 1.82) is 0 Å². The highest BCUT2D eigenvalue weighted by Crippen LogP contribution is 2.33. The Morgan fingerprint density at radius 3 is 2.38 bits per heavy atom. The van der Waals surface area contributed by atoms with Gasteiger partial charge >= 0.3 is 6.18 Å². The lowest BCUT2D eigenvalue weighted by Gasteiger charge is -2.14. The van der Waals surface area contributed by atoms with Crippen LogP contribution < -0.4 is 16.8 Å². The third-order valence-corrected chi connectivity index (χ3v) is 2.57. The zero-order valence-corrected chi connectivity index (χ0v) is 11.8. The molecule has 0 aliphatic heterocycles. The second-order valence-electron chi connectivity index (χ2n) is 4.29. The summed E-state index contributed by atoms with van der Waals surface area (Å²) in [7, 11) is 0. The maximum absolute atomic E-state index is 12.7. The third kappa shape index (κ3) is 5.60. The van der Waals surface area contributed by atoms with E-state index in [4.69, 9.17) is 11.5 Å². The molecule has 0 saturated heterocycles. The highest BCUT2D eigenvalue weighted by atomic mass is 35.5. The monoisotopic (exact) mass is 325 g/mol. The Morgan fingerprint density at radius 2 is 1.90 bits per heavy atom. The molecule has 1 aromatic rings. The maximum Gasteiger partial charge on any atom is 0.416 e. The summed E-state index contributed by atoms with van der Waals surface area (Å²) in [4.78, 5) is 22.2. The van der Waals surface area contributed by atoms with Gasteiger partial charge in [-0.3, -0.25) is 9.59 Å². The van der Waals surface area contributed by atoms with Gasteiger partial charge in [-0.1, -0.05) is 6.07 Å². The first kappa shape index (κ1) is 19.2. The minimum absolute atomic E-state index is 0. The average Bonchev–Trinajstić information content (AvgIpc) is 2.29. The molecule has 2 amide bonds. The zero-order chi connectivity index (χ0) is 15.5. The molecule has 0 aromatic heterocycles. The molecule has 1 rings (SSSR count). The van der Waals surface area contributed by atoms with E-state index in [-0.39, 0.29) is 30.1 Å². The van der Waals surface area contributed by atoms with E-state index in [0.29, 0.717) is 0 Å². The predicted molar refractivity (Wildman–Crippen MR) is 73.8 cm³/mol. The lowest BCUT2D eigenvalue weighted by atomic mass is 10.1. The van der Waals surface area contributed by atoms with Gasteiger partial charge in [0.2, 0.25) is 11.8 Å². The largest absolute Gasteiger partial charge is 0.416 e. The van der Waals surface area contributed by atoms with E-state index in [1.807, 2.05) is 0 Å². The fourth-order valence-corrected chi connectivity index (χ4v) is 1.55. The van der Waals surface area contributed by atoms with Gasteiger partial charge in [0.05, 0.1) is 18.0 Å². The molecule has 0 saturated carbocycles. The van der Waals surface area contributed by atoms with E-state index in [2.05, 4.69) is 5.32 Å². The van der Waals surface area contributed by atoms with Crippen molar-refractivity contribution in [3.63, 3.8) is 0 Å². The summed E-state index contributed by atoms with van der Waals surface area (Å²) in [6, 6.07) is 2.16. The molecule has 21 heavy (non-hydrogen) atoms. The van der Waals surface area contributed by atoms with E-state index < -0.39 is 29.6 Å². The molecule has 1 unspecified atom stereocenters. The van der Waals surface area contributed by atoms with Gasteiger partial charge in [0, 0.05) is 5.69 Å². The Labute approximate surface area is 125 Å². The highest BCUT2D eigenvalue weighted by molar-refractivity contribution is 5.97. The Balaban J connectivity index is 0.00000400. The van der Waals surface area contributed by atoms with Crippen LogP contribution in [0.3, 0.4) is 0 Å². The molecule has 0 radical (unpaired) electrons. The first-order valence-electron chi connectivity index (χ1n) is 5.64. The fourth-order valence-electron chi connectivity index (χ4n) is 1.55. The van der Waals surface area contributed by atoms with Crippen molar-refractivity contribution in [1.82, 2.24) is 0 Å². The number of nitrogens with two attached hydrogens (primary N) is 2. The van der Waals surface area contributed by atoms with Crippen molar-refractivity contribution in [2.24, 2.45) is 11.5 Å². The van der Waals surface area contributed by atoms with Crippen LogP contribution in [0.15, 0.2) is 18.2 Å². The molecular formula is C12H15ClF3N3O2. The van der Waals surface area contributed by atoms with Crippen LogP contribution in [-0.4, -0.2) is 17.9 Å². The quantitative estimate of drug-likeness (QED) is 0.783. The Morgan fingerprint density at radius 1 is 1.33 bits per heavy atom. The number of primary amides is 1. The number of rotatable bonds is 4. The highest BCUT2D eigenvalue weighted by Gasteiger charge is 2.32. The molecule has 0 aliphatic rings. The van der Waals surface area contributed by atoms with E-state index in [9.17, 15) is 22.8 Å². The van der Waals surface area contributed by atoms with Gasteiger partial charge in [-0.25, -0.2) is 0 Å². The van der Waals surface area contributed by atoms with E-state index >= 15 is 0 Å². The van der Waals surface area contributed by atoms with Gasteiger partial charge in [-0.2, -0.15) is 13.2 Å². The van der Waals surface area contributed by atoms with Crippen LogP contribution in [0.5, 0.6) is 0 Å². The summed E-state index contributed by atoms with van der Waals surface area (Å²) in [5.74, 6) is -1.55. The van der Waals surface area contributed by atoms with E-state index in [1.54, 1.807) is 0 Å². The lowest BCUT2D eigenvalue weighted by Crippen LogP contribution is -2.39. The SMILES string of the molecule is Cc1ccc(NC(=O)C(N)CC(N)=O)cc1C(F)(F)F.Cl. The molecule has 0 heterocycles. The first-order valence-corrected chi connectivity index (χ1v) is 5.64. The fraction of sp³-hybridized carbons (Fsp3) is 0.333. The number of halogens is 4. The molecule has 5 N–H and O–H groups in total. The second kappa shape index (κ2) is 7.28. The number of benzene rings is 1. The summed E-state index contributed by atoms with van der Waals surface area (Å²) in [5.41, 5.74) is 9.40. The van der Waals surface area contributed by atoms with Crippen LogP contribution in [-0.2, 0) is 15.8 Å². The number of alkyl halides is 3. The van der Waals surface area contributed by atoms with Crippen molar-refractivity contribution in [3.05, 3.63) is 29.3 Å². The van der Waals surface area contributed by atoms with Crippen LogP contribution >= 0.6 is 12.4 Å². The van der Waals surface area contributed by atoms with Crippen LogP contribution in [0, 0.1) is 6.92 Å². The number of carbonyl (C=O) groups is 2. The normalized spacial score (nSPS) is 12.2. The van der Waals surface area contributed by atoms with Gasteiger partial charge in [0.1, 0.15) is 0 Å². The number of nitrogens with one attached hydrogen (secondary N) is 1. The zero-order valence-electron chi connectivity index (χ0n) is 11.0. The first-order chi connectivity index (χ1) is 9.11. The van der Waals surface area contributed by atoms with Crippen molar-refractivity contribution < 1.29 is 22.8 Å². The summed E-state index contributed by atoms with van der Waals surface area (Å²) in [5, 5.41) is 2.22. The topological polar surface area (TPSA) is 98.2 Å². The average molecular weight is 326 g/mol. The van der Waals surface area contributed by atoms with Crippen LogP contribution in [0.1, 0.15) is 17.5 Å². The van der Waals surface area contributed by atoms with E-state index in [1.165, 1.54) is 19.1 Å². The van der Waals surface area contributed by atoms with Crippen molar-refractivity contribution in [2.45, 2.75) is 25.6 Å². The smallest absolute Gasteiger partial charge is 0.370 e. The number of anilines is 1. The molecule has 118 valence electrons. The predicted octanol–water partition coefficient (Wildman–Crippen LogP) is 1.58.